The van der Waals surface area contributed by atoms with Crippen LogP contribution >= 0.6 is 11.3 Å². The summed E-state index contributed by atoms with van der Waals surface area (Å²) in [6.45, 7) is 0.954. The lowest BCUT2D eigenvalue weighted by atomic mass is 10.1. The van der Waals surface area contributed by atoms with Crippen LogP contribution in [0.25, 0.3) is 10.3 Å². The predicted octanol–water partition coefficient (Wildman–Crippen LogP) is 1.36. The van der Waals surface area contributed by atoms with Gasteiger partial charge in [0, 0.05) is 19.1 Å². The van der Waals surface area contributed by atoms with Crippen molar-refractivity contribution in [2.75, 3.05) is 25.5 Å². The summed E-state index contributed by atoms with van der Waals surface area (Å²) in [5, 5.41) is 14.3. The van der Waals surface area contributed by atoms with Gasteiger partial charge in [-0.15, -0.1) is 0 Å². The largest absolute Gasteiger partial charge is 0.479 e. The van der Waals surface area contributed by atoms with Crippen molar-refractivity contribution in [2.24, 2.45) is 0 Å². The monoisotopic (exact) mass is 352 g/mol. The maximum atomic E-state index is 12.3. The van der Waals surface area contributed by atoms with E-state index >= 15 is 0 Å². The number of likely N-dealkylation sites (tertiary alicyclic amines) is 1. The first kappa shape index (κ1) is 16.2. The number of amides is 3. The van der Waals surface area contributed by atoms with Gasteiger partial charge in [0.05, 0.1) is 7.11 Å². The lowest BCUT2D eigenvalue weighted by molar-refractivity contribution is 0.171. The lowest BCUT2D eigenvalue weighted by Crippen LogP contribution is -2.47. The van der Waals surface area contributed by atoms with Crippen molar-refractivity contribution in [3.05, 3.63) is 6.33 Å². The van der Waals surface area contributed by atoms with E-state index in [2.05, 4.69) is 25.6 Å². The van der Waals surface area contributed by atoms with E-state index in [1.165, 1.54) is 24.8 Å². The number of carbonyl (C=O) groups is 2. The number of urea groups is 1. The molecule has 0 spiro atoms. The normalized spacial score (nSPS) is 15.3. The van der Waals surface area contributed by atoms with Crippen molar-refractivity contribution in [1.82, 2.24) is 25.2 Å². The van der Waals surface area contributed by atoms with Crippen molar-refractivity contribution in [2.45, 2.75) is 18.9 Å². The van der Waals surface area contributed by atoms with Gasteiger partial charge in [-0.2, -0.15) is 4.98 Å². The number of nitrogens with one attached hydrogen (secondary N) is 2. The second-order valence-corrected chi connectivity index (χ2v) is 6.17. The molecule has 0 atom stereocenters. The van der Waals surface area contributed by atoms with Gasteiger partial charge in [0.15, 0.2) is 15.5 Å². The van der Waals surface area contributed by atoms with Crippen molar-refractivity contribution in [3.8, 4) is 5.88 Å². The van der Waals surface area contributed by atoms with Crippen molar-refractivity contribution >= 4 is 38.9 Å². The molecule has 0 saturated carbocycles. The minimum atomic E-state index is -1.04. The fourth-order valence-corrected chi connectivity index (χ4v) is 3.30. The minimum Gasteiger partial charge on any atom is -0.479 e. The molecule has 0 aromatic carbocycles. The van der Waals surface area contributed by atoms with E-state index in [1.54, 1.807) is 4.90 Å². The van der Waals surface area contributed by atoms with E-state index in [1.807, 2.05) is 0 Å². The van der Waals surface area contributed by atoms with Crippen molar-refractivity contribution in [3.63, 3.8) is 0 Å². The molecule has 0 unspecified atom stereocenters. The number of thiazole rings is 1. The third-order valence-electron chi connectivity index (χ3n) is 3.68. The Morgan fingerprint density at radius 1 is 1.38 bits per heavy atom. The predicted molar refractivity (Wildman–Crippen MR) is 86.5 cm³/mol. The van der Waals surface area contributed by atoms with Crippen LogP contribution in [0.5, 0.6) is 5.88 Å². The van der Waals surface area contributed by atoms with Crippen LogP contribution in [0, 0.1) is 0 Å². The third kappa shape index (κ3) is 3.45. The smallest absolute Gasteiger partial charge is 0.404 e. The van der Waals surface area contributed by atoms with Crippen molar-refractivity contribution in [1.29, 1.82) is 0 Å². The summed E-state index contributed by atoms with van der Waals surface area (Å²) in [6, 6.07) is -0.386. The van der Waals surface area contributed by atoms with Gasteiger partial charge in [0.2, 0.25) is 5.88 Å². The molecule has 0 aliphatic carbocycles. The molecule has 2 aromatic rings. The highest BCUT2D eigenvalue weighted by Gasteiger charge is 2.24. The molecule has 2 aromatic heterocycles. The molecular weight excluding hydrogens is 336 g/mol. The number of anilines is 1. The Morgan fingerprint density at radius 3 is 2.79 bits per heavy atom. The zero-order valence-corrected chi connectivity index (χ0v) is 13.7. The van der Waals surface area contributed by atoms with E-state index in [0.29, 0.717) is 47.3 Å². The number of methoxy groups -OCH3 is 1. The highest BCUT2D eigenvalue weighted by molar-refractivity contribution is 7.22. The van der Waals surface area contributed by atoms with Crippen LogP contribution in [-0.4, -0.2) is 63.3 Å². The number of fused-ring (bicyclic) bond motifs is 1. The van der Waals surface area contributed by atoms with E-state index in [9.17, 15) is 9.59 Å². The van der Waals surface area contributed by atoms with Gasteiger partial charge in [-0.3, -0.25) is 5.32 Å². The first-order valence-electron chi connectivity index (χ1n) is 7.27. The number of carboxylic acid groups (broad SMARTS) is 1. The molecule has 1 fully saturated rings. The number of nitrogens with zero attached hydrogens (tertiary/aromatic N) is 4. The quantitative estimate of drug-likeness (QED) is 0.760. The Hall–Kier alpha value is -2.69. The van der Waals surface area contributed by atoms with Gasteiger partial charge in [-0.25, -0.2) is 19.6 Å². The molecule has 1 aliphatic rings. The summed E-state index contributed by atoms with van der Waals surface area (Å²) in [5.41, 5.74) is 0.504. The Morgan fingerprint density at radius 2 is 2.12 bits per heavy atom. The number of hydrogen-bond acceptors (Lipinski definition) is 7. The topological polar surface area (TPSA) is 130 Å². The van der Waals surface area contributed by atoms with Gasteiger partial charge >= 0.3 is 12.1 Å². The van der Waals surface area contributed by atoms with E-state index in [0.717, 1.165) is 0 Å². The molecule has 0 radical (unpaired) electrons. The third-order valence-corrected chi connectivity index (χ3v) is 4.56. The molecular formula is C13H16N6O4S. The first-order chi connectivity index (χ1) is 11.6. The van der Waals surface area contributed by atoms with Gasteiger partial charge in [0.25, 0.3) is 0 Å². The summed E-state index contributed by atoms with van der Waals surface area (Å²) in [6.07, 6.45) is 1.51. The summed E-state index contributed by atoms with van der Waals surface area (Å²) in [7, 11) is 1.49. The molecule has 3 heterocycles. The maximum Gasteiger partial charge on any atom is 0.404 e. The first-order valence-corrected chi connectivity index (χ1v) is 8.09. The number of piperidine rings is 1. The summed E-state index contributed by atoms with van der Waals surface area (Å²) >= 11 is 1.24. The van der Waals surface area contributed by atoms with Crippen LogP contribution in [0.15, 0.2) is 6.33 Å². The van der Waals surface area contributed by atoms with E-state index in [-0.39, 0.29) is 12.1 Å². The lowest BCUT2D eigenvalue weighted by Gasteiger charge is -2.31. The minimum absolute atomic E-state index is 0.117. The van der Waals surface area contributed by atoms with Crippen LogP contribution in [0.2, 0.25) is 0 Å². The highest BCUT2D eigenvalue weighted by atomic mass is 32.1. The summed E-state index contributed by atoms with van der Waals surface area (Å²) < 4.78 is 5.12. The zero-order valence-electron chi connectivity index (χ0n) is 12.9. The standard InChI is InChI=1S/C13H16N6O4S/c1-23-9-8-10(15-6-14-9)24-11(17-8)18-12(20)19-4-2-7(3-5-19)16-13(21)22/h6-7,16H,2-5H2,1H3,(H,21,22)(H,17,18,20). The Balaban J connectivity index is 1.62. The van der Waals surface area contributed by atoms with Crippen LogP contribution in [0.4, 0.5) is 14.7 Å². The van der Waals surface area contributed by atoms with Crippen LogP contribution in [-0.2, 0) is 0 Å². The number of hydrogen-bond donors (Lipinski definition) is 3. The average Bonchev–Trinajstić information content (AvgIpc) is 2.97. The molecule has 1 saturated heterocycles. The second kappa shape index (κ2) is 6.83. The Bertz CT molecular complexity index is 758. The molecule has 3 N–H and O–H groups in total. The average molecular weight is 352 g/mol. The highest BCUT2D eigenvalue weighted by Crippen LogP contribution is 2.29. The number of rotatable bonds is 3. The van der Waals surface area contributed by atoms with E-state index < -0.39 is 6.09 Å². The number of carbonyl (C=O) groups excluding carboxylic acids is 1. The van der Waals surface area contributed by atoms with E-state index in [4.69, 9.17) is 9.84 Å². The Labute approximate surface area is 140 Å². The maximum absolute atomic E-state index is 12.3. The molecule has 1 aliphatic heterocycles. The molecule has 24 heavy (non-hydrogen) atoms. The zero-order chi connectivity index (χ0) is 17.1. The number of aromatic nitrogens is 3. The van der Waals surface area contributed by atoms with Gasteiger partial charge < -0.3 is 20.1 Å². The molecule has 128 valence electrons. The molecule has 0 bridgehead atoms. The van der Waals surface area contributed by atoms with Gasteiger partial charge in [0.1, 0.15) is 6.33 Å². The number of ether oxygens (including phenoxy) is 1. The molecule has 3 rings (SSSR count). The van der Waals surface area contributed by atoms with Crippen LogP contribution in [0.3, 0.4) is 0 Å². The molecule has 10 nitrogen and oxygen atoms in total. The summed E-state index contributed by atoms with van der Waals surface area (Å²) in [5.74, 6) is 0.359. The van der Waals surface area contributed by atoms with Crippen LogP contribution in [0.1, 0.15) is 12.8 Å². The molecule has 3 amide bonds. The fourth-order valence-electron chi connectivity index (χ4n) is 2.51. The molecule has 11 heteroatoms. The fraction of sp³-hybridized carbons (Fsp3) is 0.462. The second-order valence-electron chi connectivity index (χ2n) is 5.20. The SMILES string of the molecule is COc1ncnc2sc(NC(=O)N3CCC(NC(=O)O)CC3)nc12. The Kier molecular flexibility index (Phi) is 4.60. The van der Waals surface area contributed by atoms with Gasteiger partial charge in [-0.1, -0.05) is 11.3 Å². The summed E-state index contributed by atoms with van der Waals surface area (Å²) in [4.78, 5) is 37.6. The van der Waals surface area contributed by atoms with Crippen LogP contribution < -0.4 is 15.4 Å². The van der Waals surface area contributed by atoms with Gasteiger partial charge in [-0.05, 0) is 12.8 Å². The van der Waals surface area contributed by atoms with Crippen molar-refractivity contribution < 1.29 is 19.4 Å².